The maximum Gasteiger partial charge on any atom is 0.237 e. The molecule has 1 saturated heterocycles. The molecule has 1 unspecified atom stereocenters. The van der Waals surface area contributed by atoms with Gasteiger partial charge in [-0.05, 0) is 32.2 Å². The molecule has 16 heavy (non-hydrogen) atoms. The summed E-state index contributed by atoms with van der Waals surface area (Å²) in [6, 6.07) is 0. The van der Waals surface area contributed by atoms with Crippen LogP contribution in [0.5, 0.6) is 0 Å². The van der Waals surface area contributed by atoms with E-state index >= 15 is 0 Å². The van der Waals surface area contributed by atoms with E-state index in [4.69, 9.17) is 5.73 Å². The summed E-state index contributed by atoms with van der Waals surface area (Å²) < 4.78 is 0. The molecule has 2 rings (SSSR count). The number of hydrogen-bond donors (Lipinski definition) is 2. The number of rotatable bonds is 4. The van der Waals surface area contributed by atoms with Crippen LogP contribution in [0.4, 0.5) is 0 Å². The Morgan fingerprint density at radius 3 is 2.81 bits per heavy atom. The third kappa shape index (κ3) is 2.55. The molecule has 1 aliphatic carbocycles. The van der Waals surface area contributed by atoms with Crippen molar-refractivity contribution >= 4 is 5.91 Å². The number of carbonyl (C=O) groups is 1. The summed E-state index contributed by atoms with van der Waals surface area (Å²) in [5.74, 6) is 0.579. The summed E-state index contributed by atoms with van der Waals surface area (Å²) in [5.41, 5.74) is 5.20. The Morgan fingerprint density at radius 2 is 2.19 bits per heavy atom. The summed E-state index contributed by atoms with van der Waals surface area (Å²) in [7, 11) is 0. The van der Waals surface area contributed by atoms with Gasteiger partial charge >= 0.3 is 0 Å². The van der Waals surface area contributed by atoms with E-state index in [1.54, 1.807) is 0 Å². The van der Waals surface area contributed by atoms with Gasteiger partial charge in [-0.1, -0.05) is 12.8 Å². The fourth-order valence-corrected chi connectivity index (χ4v) is 2.61. The van der Waals surface area contributed by atoms with Gasteiger partial charge in [0.1, 0.15) is 0 Å². The minimum Gasteiger partial charge on any atom is -0.368 e. The van der Waals surface area contributed by atoms with Crippen LogP contribution in [0.15, 0.2) is 0 Å². The SMILES string of the molecule is CC(CC1CC1)(C(N)=O)N1CCCNCC1. The van der Waals surface area contributed by atoms with Gasteiger partial charge in [0, 0.05) is 19.6 Å². The van der Waals surface area contributed by atoms with Crippen LogP contribution >= 0.6 is 0 Å². The van der Waals surface area contributed by atoms with Gasteiger partial charge in [0.25, 0.3) is 0 Å². The lowest BCUT2D eigenvalue weighted by atomic mass is 9.91. The predicted molar refractivity (Wildman–Crippen MR) is 64.0 cm³/mol. The topological polar surface area (TPSA) is 58.4 Å². The first-order chi connectivity index (χ1) is 7.63. The van der Waals surface area contributed by atoms with Crippen LogP contribution in [0.25, 0.3) is 0 Å². The second-order valence-electron chi connectivity index (χ2n) is 5.38. The molecule has 2 aliphatic rings. The number of amides is 1. The summed E-state index contributed by atoms with van der Waals surface area (Å²) in [5, 5.41) is 3.36. The first-order valence-corrected chi connectivity index (χ1v) is 6.38. The van der Waals surface area contributed by atoms with Gasteiger partial charge in [-0.15, -0.1) is 0 Å². The van der Waals surface area contributed by atoms with Crippen molar-refractivity contribution in [3.63, 3.8) is 0 Å². The molecule has 1 heterocycles. The van der Waals surface area contributed by atoms with E-state index in [0.29, 0.717) is 0 Å². The standard InChI is InChI=1S/C12H23N3O/c1-12(11(13)16,9-10-3-4-10)15-7-2-5-14-6-8-15/h10,14H,2-9H2,1H3,(H2,13,16). The van der Waals surface area contributed by atoms with Crippen LogP contribution < -0.4 is 11.1 Å². The highest BCUT2D eigenvalue weighted by molar-refractivity contribution is 5.84. The number of nitrogens with two attached hydrogens (primary N) is 1. The Bertz CT molecular complexity index is 257. The van der Waals surface area contributed by atoms with Crippen molar-refractivity contribution in [2.75, 3.05) is 26.2 Å². The molecule has 0 spiro atoms. The van der Waals surface area contributed by atoms with Crippen LogP contribution in [-0.2, 0) is 4.79 Å². The van der Waals surface area contributed by atoms with Gasteiger partial charge < -0.3 is 11.1 Å². The molecule has 0 aromatic carbocycles. The molecule has 4 heteroatoms. The van der Waals surface area contributed by atoms with E-state index in [1.165, 1.54) is 12.8 Å². The fourth-order valence-electron chi connectivity index (χ4n) is 2.61. The molecule has 0 radical (unpaired) electrons. The number of carbonyl (C=O) groups excluding carboxylic acids is 1. The first-order valence-electron chi connectivity index (χ1n) is 6.38. The first kappa shape index (κ1) is 11.9. The van der Waals surface area contributed by atoms with Crippen molar-refractivity contribution < 1.29 is 4.79 Å². The van der Waals surface area contributed by atoms with Gasteiger partial charge in [-0.2, -0.15) is 0 Å². The predicted octanol–water partition coefficient (Wildman–Crippen LogP) is 0.326. The molecule has 2 fully saturated rings. The normalized spacial score (nSPS) is 27.1. The van der Waals surface area contributed by atoms with Crippen molar-refractivity contribution in [1.82, 2.24) is 10.2 Å². The molecule has 1 atom stereocenters. The van der Waals surface area contributed by atoms with Gasteiger partial charge in [0.15, 0.2) is 0 Å². The molecule has 3 N–H and O–H groups in total. The van der Waals surface area contributed by atoms with E-state index < -0.39 is 5.54 Å². The monoisotopic (exact) mass is 225 g/mol. The summed E-state index contributed by atoms with van der Waals surface area (Å²) in [4.78, 5) is 14.0. The van der Waals surface area contributed by atoms with E-state index in [0.717, 1.165) is 44.9 Å². The number of hydrogen-bond acceptors (Lipinski definition) is 3. The Kier molecular flexibility index (Phi) is 3.50. The zero-order chi connectivity index (χ0) is 11.6. The van der Waals surface area contributed by atoms with Gasteiger partial charge in [-0.3, -0.25) is 9.69 Å². The number of nitrogens with zero attached hydrogens (tertiary/aromatic N) is 1. The van der Waals surface area contributed by atoms with E-state index in [2.05, 4.69) is 10.2 Å². The van der Waals surface area contributed by atoms with E-state index in [9.17, 15) is 4.79 Å². The minimum atomic E-state index is -0.423. The van der Waals surface area contributed by atoms with Crippen LogP contribution in [0.2, 0.25) is 0 Å². The quantitative estimate of drug-likeness (QED) is 0.725. The van der Waals surface area contributed by atoms with Gasteiger partial charge in [0.2, 0.25) is 5.91 Å². The molecule has 0 aromatic rings. The smallest absolute Gasteiger partial charge is 0.237 e. The average molecular weight is 225 g/mol. The van der Waals surface area contributed by atoms with Gasteiger partial charge in [-0.25, -0.2) is 0 Å². The summed E-state index contributed by atoms with van der Waals surface area (Å²) >= 11 is 0. The molecule has 1 saturated carbocycles. The lowest BCUT2D eigenvalue weighted by Gasteiger charge is -2.38. The summed E-state index contributed by atoms with van der Waals surface area (Å²) in [6.07, 6.45) is 4.60. The number of primary amides is 1. The van der Waals surface area contributed by atoms with E-state index in [-0.39, 0.29) is 5.91 Å². The minimum absolute atomic E-state index is 0.152. The van der Waals surface area contributed by atoms with Crippen LogP contribution in [-0.4, -0.2) is 42.5 Å². The highest BCUT2D eigenvalue weighted by Crippen LogP contribution is 2.38. The molecule has 1 amide bonds. The number of nitrogens with one attached hydrogen (secondary N) is 1. The molecule has 4 nitrogen and oxygen atoms in total. The lowest BCUT2D eigenvalue weighted by Crippen LogP contribution is -2.56. The van der Waals surface area contributed by atoms with Crippen LogP contribution in [0.3, 0.4) is 0 Å². The third-order valence-electron chi connectivity index (χ3n) is 3.95. The molecular weight excluding hydrogens is 202 g/mol. The average Bonchev–Trinajstić information content (AvgIpc) is 3.01. The molecule has 0 bridgehead atoms. The zero-order valence-corrected chi connectivity index (χ0v) is 10.2. The maximum atomic E-state index is 11.8. The maximum absolute atomic E-state index is 11.8. The third-order valence-corrected chi connectivity index (χ3v) is 3.95. The van der Waals surface area contributed by atoms with Crippen LogP contribution in [0.1, 0.15) is 32.6 Å². The van der Waals surface area contributed by atoms with Crippen molar-refractivity contribution in [2.45, 2.75) is 38.1 Å². The fraction of sp³-hybridized carbons (Fsp3) is 0.917. The van der Waals surface area contributed by atoms with Crippen molar-refractivity contribution in [1.29, 1.82) is 0 Å². The highest BCUT2D eigenvalue weighted by Gasteiger charge is 2.42. The van der Waals surface area contributed by atoms with Crippen molar-refractivity contribution in [2.24, 2.45) is 11.7 Å². The molecule has 92 valence electrons. The Balaban J connectivity index is 2.05. The Morgan fingerprint density at radius 1 is 1.44 bits per heavy atom. The van der Waals surface area contributed by atoms with Crippen molar-refractivity contribution in [3.05, 3.63) is 0 Å². The summed E-state index contributed by atoms with van der Waals surface area (Å²) in [6.45, 7) is 5.96. The van der Waals surface area contributed by atoms with Crippen molar-refractivity contribution in [3.8, 4) is 0 Å². The second kappa shape index (κ2) is 4.72. The zero-order valence-electron chi connectivity index (χ0n) is 10.2. The van der Waals surface area contributed by atoms with Gasteiger partial charge in [0.05, 0.1) is 5.54 Å². The highest BCUT2D eigenvalue weighted by atomic mass is 16.1. The Labute approximate surface area is 97.6 Å². The largest absolute Gasteiger partial charge is 0.368 e. The van der Waals surface area contributed by atoms with Crippen LogP contribution in [0, 0.1) is 5.92 Å². The van der Waals surface area contributed by atoms with E-state index in [1.807, 2.05) is 6.92 Å². The molecule has 0 aromatic heterocycles. The lowest BCUT2D eigenvalue weighted by molar-refractivity contribution is -0.130. The Hall–Kier alpha value is -0.610. The molecule has 1 aliphatic heterocycles. The molecular formula is C12H23N3O. The second-order valence-corrected chi connectivity index (χ2v) is 5.38.